The highest BCUT2D eigenvalue weighted by Gasteiger charge is 2.32. The molecule has 2 fully saturated rings. The number of hydrogen-bond acceptors (Lipinski definition) is 6. The quantitative estimate of drug-likeness (QED) is 0.772. The van der Waals surface area contributed by atoms with Crippen LogP contribution in [0.1, 0.15) is 35.8 Å². The summed E-state index contributed by atoms with van der Waals surface area (Å²) >= 11 is 1.43. The Balaban J connectivity index is 1.28. The van der Waals surface area contributed by atoms with Crippen molar-refractivity contribution in [3.05, 3.63) is 40.9 Å². The number of likely N-dealkylation sites (tertiary alicyclic amines) is 1. The Morgan fingerprint density at radius 3 is 2.35 bits per heavy atom. The number of piperazine rings is 1. The lowest BCUT2D eigenvalue weighted by Crippen LogP contribution is -2.51. The van der Waals surface area contributed by atoms with E-state index in [0.717, 1.165) is 51.3 Å². The van der Waals surface area contributed by atoms with Gasteiger partial charge in [-0.05, 0) is 38.4 Å². The SMILES string of the molecule is CCN1CCN(C(=O)C2CCN(C(=O)c3csc(Nc4ccc(C)cc4)n3)CC2)CC1. The molecule has 2 amide bonds. The zero-order valence-corrected chi connectivity index (χ0v) is 19.2. The number of carbonyl (C=O) groups excluding carboxylic acids is 2. The number of piperidine rings is 1. The van der Waals surface area contributed by atoms with E-state index in [2.05, 4.69) is 22.1 Å². The van der Waals surface area contributed by atoms with Crippen LogP contribution in [0.2, 0.25) is 0 Å². The van der Waals surface area contributed by atoms with E-state index in [0.29, 0.717) is 23.9 Å². The van der Waals surface area contributed by atoms with Crippen LogP contribution >= 0.6 is 11.3 Å². The van der Waals surface area contributed by atoms with Crippen LogP contribution in [0.4, 0.5) is 10.8 Å². The van der Waals surface area contributed by atoms with Crippen molar-refractivity contribution in [3.63, 3.8) is 0 Å². The Hall–Kier alpha value is -2.45. The van der Waals surface area contributed by atoms with E-state index in [1.54, 1.807) is 0 Å². The molecule has 0 bridgehead atoms. The van der Waals surface area contributed by atoms with Crippen LogP contribution in [0, 0.1) is 12.8 Å². The smallest absolute Gasteiger partial charge is 0.273 e. The van der Waals surface area contributed by atoms with Crippen molar-refractivity contribution in [2.75, 3.05) is 51.1 Å². The van der Waals surface area contributed by atoms with Gasteiger partial charge in [0.25, 0.3) is 5.91 Å². The second-order valence-electron chi connectivity index (χ2n) is 8.35. The Bertz CT molecular complexity index is 897. The zero-order valence-electron chi connectivity index (χ0n) is 18.3. The van der Waals surface area contributed by atoms with Gasteiger partial charge in [-0.2, -0.15) is 0 Å². The molecule has 0 saturated carbocycles. The largest absolute Gasteiger partial charge is 0.340 e. The minimum Gasteiger partial charge on any atom is -0.340 e. The molecule has 166 valence electrons. The third kappa shape index (κ3) is 5.25. The minimum atomic E-state index is -0.0457. The fraction of sp³-hybridized carbons (Fsp3) is 0.522. The number of benzene rings is 1. The lowest BCUT2D eigenvalue weighted by atomic mass is 9.94. The average molecular weight is 442 g/mol. The molecule has 2 aliphatic heterocycles. The molecule has 4 rings (SSSR count). The van der Waals surface area contributed by atoms with E-state index in [1.807, 2.05) is 46.4 Å². The molecule has 2 aromatic rings. The van der Waals surface area contributed by atoms with Crippen LogP contribution < -0.4 is 5.32 Å². The molecule has 3 heterocycles. The summed E-state index contributed by atoms with van der Waals surface area (Å²) in [6, 6.07) is 8.08. The van der Waals surface area contributed by atoms with Gasteiger partial charge in [0.05, 0.1) is 0 Å². The number of aromatic nitrogens is 1. The summed E-state index contributed by atoms with van der Waals surface area (Å²) in [5, 5.41) is 5.78. The fourth-order valence-electron chi connectivity index (χ4n) is 4.22. The molecular formula is C23H31N5O2S. The van der Waals surface area contributed by atoms with Crippen LogP contribution in [0.5, 0.6) is 0 Å². The summed E-state index contributed by atoms with van der Waals surface area (Å²) in [5.74, 6) is 0.253. The number of thiazole rings is 1. The van der Waals surface area contributed by atoms with Crippen molar-refractivity contribution >= 4 is 34.0 Å². The van der Waals surface area contributed by atoms with Gasteiger partial charge in [-0.25, -0.2) is 4.98 Å². The van der Waals surface area contributed by atoms with Crippen molar-refractivity contribution in [2.24, 2.45) is 5.92 Å². The van der Waals surface area contributed by atoms with Crippen LogP contribution in [0.3, 0.4) is 0 Å². The van der Waals surface area contributed by atoms with Crippen LogP contribution in [-0.4, -0.2) is 77.3 Å². The van der Waals surface area contributed by atoms with Gasteiger partial charge in [0.15, 0.2) is 5.13 Å². The van der Waals surface area contributed by atoms with E-state index in [4.69, 9.17) is 0 Å². The van der Waals surface area contributed by atoms with E-state index in [9.17, 15) is 9.59 Å². The monoisotopic (exact) mass is 441 g/mol. The number of nitrogens with one attached hydrogen (secondary N) is 1. The Morgan fingerprint density at radius 1 is 1.03 bits per heavy atom. The van der Waals surface area contributed by atoms with Gasteiger partial charge < -0.3 is 20.0 Å². The number of carbonyl (C=O) groups is 2. The van der Waals surface area contributed by atoms with Crippen LogP contribution in [0.25, 0.3) is 0 Å². The average Bonchev–Trinajstić information content (AvgIpc) is 3.28. The Labute approximate surface area is 188 Å². The second kappa shape index (κ2) is 9.78. The van der Waals surface area contributed by atoms with Gasteiger partial charge in [-0.3, -0.25) is 9.59 Å². The summed E-state index contributed by atoms with van der Waals surface area (Å²) < 4.78 is 0. The van der Waals surface area contributed by atoms with Crippen molar-refractivity contribution < 1.29 is 9.59 Å². The van der Waals surface area contributed by atoms with E-state index >= 15 is 0 Å². The maximum absolute atomic E-state index is 12.9. The molecule has 0 unspecified atom stereocenters. The fourth-order valence-corrected chi connectivity index (χ4v) is 4.93. The molecule has 2 saturated heterocycles. The van der Waals surface area contributed by atoms with Gasteiger partial charge in [0.2, 0.25) is 5.91 Å². The van der Waals surface area contributed by atoms with E-state index < -0.39 is 0 Å². The number of hydrogen-bond donors (Lipinski definition) is 1. The third-order valence-corrected chi connectivity index (χ3v) is 7.05. The topological polar surface area (TPSA) is 68.8 Å². The molecule has 2 aliphatic rings. The van der Waals surface area contributed by atoms with Gasteiger partial charge >= 0.3 is 0 Å². The molecule has 1 aromatic heterocycles. The number of aryl methyl sites for hydroxylation is 1. The predicted octanol–water partition coefficient (Wildman–Crippen LogP) is 3.21. The standard InChI is InChI=1S/C23H31N5O2S/c1-3-26-12-14-28(15-13-26)21(29)18-8-10-27(11-9-18)22(30)20-16-31-23(25-20)24-19-6-4-17(2)5-7-19/h4-7,16,18H,3,8-15H2,1-2H3,(H,24,25). The predicted molar refractivity (Wildman–Crippen MR) is 124 cm³/mol. The van der Waals surface area contributed by atoms with Crippen LogP contribution in [0.15, 0.2) is 29.6 Å². The lowest BCUT2D eigenvalue weighted by Gasteiger charge is -2.38. The van der Waals surface area contributed by atoms with Crippen LogP contribution in [-0.2, 0) is 4.79 Å². The third-order valence-electron chi connectivity index (χ3n) is 6.29. The zero-order chi connectivity index (χ0) is 21.8. The first-order valence-electron chi connectivity index (χ1n) is 11.1. The number of likely N-dealkylation sites (N-methyl/N-ethyl adjacent to an activating group) is 1. The first kappa shape index (κ1) is 21.8. The highest BCUT2D eigenvalue weighted by Crippen LogP contribution is 2.25. The first-order valence-corrected chi connectivity index (χ1v) is 12.0. The maximum atomic E-state index is 12.9. The van der Waals surface area contributed by atoms with Crippen molar-refractivity contribution in [1.82, 2.24) is 19.7 Å². The Kier molecular flexibility index (Phi) is 6.87. The molecule has 7 nitrogen and oxygen atoms in total. The minimum absolute atomic E-state index is 0.0337. The summed E-state index contributed by atoms with van der Waals surface area (Å²) in [5.41, 5.74) is 2.63. The van der Waals surface area contributed by atoms with Gasteiger partial charge in [0.1, 0.15) is 5.69 Å². The summed E-state index contributed by atoms with van der Waals surface area (Å²) in [4.78, 5) is 36.5. The number of rotatable bonds is 5. The molecule has 0 spiro atoms. The summed E-state index contributed by atoms with van der Waals surface area (Å²) in [6.07, 6.45) is 1.47. The van der Waals surface area contributed by atoms with E-state index in [-0.39, 0.29) is 17.7 Å². The molecule has 0 atom stereocenters. The highest BCUT2D eigenvalue weighted by molar-refractivity contribution is 7.14. The van der Waals surface area contributed by atoms with Gasteiger partial charge in [0, 0.05) is 56.3 Å². The maximum Gasteiger partial charge on any atom is 0.273 e. The summed E-state index contributed by atoms with van der Waals surface area (Å²) in [6.45, 7) is 10.0. The highest BCUT2D eigenvalue weighted by atomic mass is 32.1. The molecule has 31 heavy (non-hydrogen) atoms. The molecule has 0 aliphatic carbocycles. The van der Waals surface area contributed by atoms with Crippen molar-refractivity contribution in [2.45, 2.75) is 26.7 Å². The van der Waals surface area contributed by atoms with Crippen molar-refractivity contribution in [1.29, 1.82) is 0 Å². The van der Waals surface area contributed by atoms with E-state index in [1.165, 1.54) is 16.9 Å². The van der Waals surface area contributed by atoms with Crippen molar-refractivity contribution in [3.8, 4) is 0 Å². The first-order chi connectivity index (χ1) is 15.0. The lowest BCUT2D eigenvalue weighted by molar-refractivity contribution is -0.138. The molecular weight excluding hydrogens is 410 g/mol. The normalized spacial score (nSPS) is 18.3. The molecule has 0 radical (unpaired) electrons. The number of anilines is 2. The molecule has 8 heteroatoms. The molecule has 1 aromatic carbocycles. The second-order valence-corrected chi connectivity index (χ2v) is 9.21. The number of nitrogens with zero attached hydrogens (tertiary/aromatic N) is 4. The Morgan fingerprint density at radius 2 is 1.71 bits per heavy atom. The summed E-state index contributed by atoms with van der Waals surface area (Å²) in [7, 11) is 0. The molecule has 1 N–H and O–H groups in total. The van der Waals surface area contributed by atoms with Gasteiger partial charge in [-0.15, -0.1) is 11.3 Å². The van der Waals surface area contributed by atoms with Gasteiger partial charge in [-0.1, -0.05) is 24.6 Å². The number of amides is 2.